The van der Waals surface area contributed by atoms with Crippen molar-refractivity contribution in [1.29, 1.82) is 0 Å². The van der Waals surface area contributed by atoms with E-state index in [0.717, 1.165) is 51.6 Å². The number of benzene rings is 1. The second-order valence-corrected chi connectivity index (χ2v) is 8.35. The van der Waals surface area contributed by atoms with E-state index in [1.807, 2.05) is 11.8 Å². The van der Waals surface area contributed by atoms with Crippen molar-refractivity contribution in [1.82, 2.24) is 9.80 Å². The number of aryl methyl sites for hydroxylation is 1. The molecule has 0 N–H and O–H groups in total. The van der Waals surface area contributed by atoms with Crippen LogP contribution in [0.2, 0.25) is 0 Å². The van der Waals surface area contributed by atoms with Crippen molar-refractivity contribution in [3.8, 4) is 0 Å². The highest BCUT2D eigenvalue weighted by Crippen LogP contribution is 2.39. The van der Waals surface area contributed by atoms with Crippen molar-refractivity contribution in [3.63, 3.8) is 0 Å². The molecular formula is C19H26N2O2S. The van der Waals surface area contributed by atoms with Crippen LogP contribution in [-0.2, 0) is 16.0 Å². The van der Waals surface area contributed by atoms with E-state index >= 15 is 0 Å². The van der Waals surface area contributed by atoms with Gasteiger partial charge in [-0.05, 0) is 29.2 Å². The van der Waals surface area contributed by atoms with Crippen LogP contribution in [0.5, 0.6) is 0 Å². The molecule has 1 amide bonds. The maximum atomic E-state index is 13.2. The van der Waals surface area contributed by atoms with Crippen LogP contribution in [0.1, 0.15) is 23.3 Å². The fourth-order valence-corrected chi connectivity index (χ4v) is 5.55. The zero-order chi connectivity index (χ0) is 16.5. The van der Waals surface area contributed by atoms with E-state index in [4.69, 9.17) is 4.74 Å². The number of fused-ring (bicyclic) bond motifs is 1. The van der Waals surface area contributed by atoms with Gasteiger partial charge in [-0.1, -0.05) is 31.2 Å². The molecule has 2 saturated heterocycles. The Balaban J connectivity index is 1.48. The molecule has 3 aliphatic rings. The number of carbonyl (C=O) groups excluding carboxylic acids is 1. The first-order valence-electron chi connectivity index (χ1n) is 9.04. The Morgan fingerprint density at radius 1 is 1.21 bits per heavy atom. The molecule has 4 nitrogen and oxygen atoms in total. The summed E-state index contributed by atoms with van der Waals surface area (Å²) < 4.78 is 5.48. The number of hydrogen-bond acceptors (Lipinski definition) is 4. The predicted molar refractivity (Wildman–Crippen MR) is 97.3 cm³/mol. The van der Waals surface area contributed by atoms with Gasteiger partial charge in [-0.15, -0.1) is 11.8 Å². The lowest BCUT2D eigenvalue weighted by atomic mass is 10.0. The van der Waals surface area contributed by atoms with E-state index in [9.17, 15) is 4.79 Å². The van der Waals surface area contributed by atoms with E-state index in [1.54, 1.807) is 0 Å². The summed E-state index contributed by atoms with van der Waals surface area (Å²) >= 11 is 1.81. The monoisotopic (exact) mass is 346 g/mol. The molecule has 0 radical (unpaired) electrons. The van der Waals surface area contributed by atoms with Gasteiger partial charge in [0.2, 0.25) is 5.91 Å². The SMILES string of the molecule is CC1CN(C(=O)C2SCCc3ccccc32)CC1N1CCOCC1. The molecule has 1 aromatic rings. The summed E-state index contributed by atoms with van der Waals surface area (Å²) in [5.74, 6) is 1.90. The van der Waals surface area contributed by atoms with Gasteiger partial charge < -0.3 is 9.64 Å². The molecule has 3 atom stereocenters. The molecule has 4 rings (SSSR count). The van der Waals surface area contributed by atoms with Crippen LogP contribution in [0.4, 0.5) is 0 Å². The number of ether oxygens (including phenoxy) is 1. The van der Waals surface area contributed by atoms with Gasteiger partial charge in [0.05, 0.1) is 13.2 Å². The number of amides is 1. The summed E-state index contributed by atoms with van der Waals surface area (Å²) in [5, 5.41) is -0.00871. The van der Waals surface area contributed by atoms with Gasteiger partial charge >= 0.3 is 0 Å². The standard InChI is InChI=1S/C19H26N2O2S/c1-14-12-21(13-17(14)20-7-9-23-10-8-20)19(22)18-16-5-3-2-4-15(16)6-11-24-18/h2-5,14,17-18H,6-13H2,1H3. The van der Waals surface area contributed by atoms with Crippen LogP contribution in [0, 0.1) is 5.92 Å². The highest BCUT2D eigenvalue weighted by molar-refractivity contribution is 8.00. The smallest absolute Gasteiger partial charge is 0.240 e. The molecule has 0 aromatic heterocycles. The number of carbonyl (C=O) groups is 1. The third kappa shape index (κ3) is 3.09. The first-order chi connectivity index (χ1) is 11.7. The van der Waals surface area contributed by atoms with E-state index in [-0.39, 0.29) is 5.25 Å². The normalized spacial score (nSPS) is 31.0. The lowest BCUT2D eigenvalue weighted by Gasteiger charge is -2.34. The minimum Gasteiger partial charge on any atom is -0.379 e. The molecule has 24 heavy (non-hydrogen) atoms. The van der Waals surface area contributed by atoms with Crippen LogP contribution >= 0.6 is 11.8 Å². The highest BCUT2D eigenvalue weighted by Gasteiger charge is 2.39. The fraction of sp³-hybridized carbons (Fsp3) is 0.632. The van der Waals surface area contributed by atoms with E-state index in [1.165, 1.54) is 11.1 Å². The molecule has 0 aliphatic carbocycles. The van der Waals surface area contributed by atoms with Gasteiger partial charge in [-0.3, -0.25) is 9.69 Å². The van der Waals surface area contributed by atoms with Crippen molar-refractivity contribution in [3.05, 3.63) is 35.4 Å². The molecule has 3 unspecified atom stereocenters. The summed E-state index contributed by atoms with van der Waals surface area (Å²) in [4.78, 5) is 17.8. The Kier molecular flexibility index (Phi) is 4.83. The van der Waals surface area contributed by atoms with Gasteiger partial charge in [0, 0.05) is 32.2 Å². The summed E-state index contributed by atoms with van der Waals surface area (Å²) in [6.07, 6.45) is 1.08. The van der Waals surface area contributed by atoms with Crippen LogP contribution in [0.3, 0.4) is 0 Å². The third-order valence-corrected chi connectivity index (χ3v) is 6.85. The molecule has 5 heteroatoms. The summed E-state index contributed by atoms with van der Waals surface area (Å²) in [5.41, 5.74) is 2.59. The number of morpholine rings is 1. The van der Waals surface area contributed by atoms with Crippen molar-refractivity contribution >= 4 is 17.7 Å². The number of rotatable bonds is 2. The molecule has 130 valence electrons. The number of nitrogens with zero attached hydrogens (tertiary/aromatic N) is 2. The molecule has 1 aromatic carbocycles. The molecule has 3 aliphatic heterocycles. The van der Waals surface area contributed by atoms with Gasteiger partial charge in [0.25, 0.3) is 0 Å². The van der Waals surface area contributed by atoms with Gasteiger partial charge in [-0.2, -0.15) is 0 Å². The van der Waals surface area contributed by atoms with E-state index < -0.39 is 0 Å². The van der Waals surface area contributed by atoms with E-state index in [0.29, 0.717) is 17.9 Å². The lowest BCUT2D eigenvalue weighted by Crippen LogP contribution is -2.47. The summed E-state index contributed by atoms with van der Waals surface area (Å²) in [6, 6.07) is 8.96. The van der Waals surface area contributed by atoms with Gasteiger partial charge in [0.1, 0.15) is 5.25 Å². The third-order valence-electron chi connectivity index (χ3n) is 5.62. The first kappa shape index (κ1) is 16.4. The second kappa shape index (κ2) is 7.06. The Bertz CT molecular complexity index is 603. The summed E-state index contributed by atoms with van der Waals surface area (Å²) in [6.45, 7) is 7.69. The molecule has 0 spiro atoms. The van der Waals surface area contributed by atoms with Crippen molar-refractivity contribution in [2.75, 3.05) is 45.1 Å². The van der Waals surface area contributed by atoms with Crippen LogP contribution < -0.4 is 0 Å². The quantitative estimate of drug-likeness (QED) is 0.822. The van der Waals surface area contributed by atoms with Crippen LogP contribution in [0.25, 0.3) is 0 Å². The van der Waals surface area contributed by atoms with Crippen molar-refractivity contribution in [2.24, 2.45) is 5.92 Å². The Morgan fingerprint density at radius 3 is 2.83 bits per heavy atom. The maximum absolute atomic E-state index is 13.2. The Labute approximate surface area is 148 Å². The molecule has 0 saturated carbocycles. The Hall–Kier alpha value is -1.04. The van der Waals surface area contributed by atoms with Gasteiger partial charge in [0.15, 0.2) is 0 Å². The van der Waals surface area contributed by atoms with Crippen molar-refractivity contribution in [2.45, 2.75) is 24.6 Å². The maximum Gasteiger partial charge on any atom is 0.240 e. The summed E-state index contributed by atoms with van der Waals surface area (Å²) in [7, 11) is 0. The molecule has 3 heterocycles. The minimum absolute atomic E-state index is 0.00871. The average Bonchev–Trinajstić information content (AvgIpc) is 3.03. The van der Waals surface area contributed by atoms with Crippen molar-refractivity contribution < 1.29 is 9.53 Å². The zero-order valence-corrected chi connectivity index (χ0v) is 15.1. The largest absolute Gasteiger partial charge is 0.379 e. The predicted octanol–water partition coefficient (Wildman–Crippen LogP) is 2.20. The van der Waals surface area contributed by atoms with Crippen LogP contribution in [0.15, 0.2) is 24.3 Å². The van der Waals surface area contributed by atoms with E-state index in [2.05, 4.69) is 41.0 Å². The number of hydrogen-bond donors (Lipinski definition) is 0. The highest BCUT2D eigenvalue weighted by atomic mass is 32.2. The average molecular weight is 346 g/mol. The van der Waals surface area contributed by atoms with Crippen LogP contribution in [-0.4, -0.2) is 66.9 Å². The number of likely N-dealkylation sites (tertiary alicyclic amines) is 1. The number of thioether (sulfide) groups is 1. The molecule has 0 bridgehead atoms. The lowest BCUT2D eigenvalue weighted by molar-refractivity contribution is -0.130. The Morgan fingerprint density at radius 2 is 2.00 bits per heavy atom. The minimum atomic E-state index is -0.00871. The zero-order valence-electron chi connectivity index (χ0n) is 14.3. The second-order valence-electron chi connectivity index (χ2n) is 7.14. The first-order valence-corrected chi connectivity index (χ1v) is 10.1. The fourth-order valence-electron chi connectivity index (χ4n) is 4.28. The van der Waals surface area contributed by atoms with Gasteiger partial charge in [-0.25, -0.2) is 0 Å². The molecular weight excluding hydrogens is 320 g/mol. The topological polar surface area (TPSA) is 32.8 Å². The molecule has 2 fully saturated rings.